The predicted octanol–water partition coefficient (Wildman–Crippen LogP) is 3.35. The molecule has 0 aliphatic heterocycles. The lowest BCUT2D eigenvalue weighted by molar-refractivity contribution is 0.512. The van der Waals surface area contributed by atoms with Gasteiger partial charge in [-0.1, -0.05) is 11.6 Å². The molecule has 0 aliphatic rings. The van der Waals surface area contributed by atoms with Crippen LogP contribution in [0.5, 0.6) is 0 Å². The van der Waals surface area contributed by atoms with Gasteiger partial charge >= 0.3 is 5.76 Å². The van der Waals surface area contributed by atoms with Gasteiger partial charge < -0.3 is 4.42 Å². The number of halogens is 3. The second kappa shape index (κ2) is 6.16. The Morgan fingerprint density at radius 2 is 1.96 bits per heavy atom. The Labute approximate surface area is 145 Å². The van der Waals surface area contributed by atoms with Crippen molar-refractivity contribution in [2.24, 2.45) is 0 Å². The SMILES string of the molecule is CCn1c(=O)oc2cc(S(=O)(=O)Nc3ccc(F)cc3F)c(Cl)cc21. The van der Waals surface area contributed by atoms with E-state index in [0.29, 0.717) is 18.1 Å². The van der Waals surface area contributed by atoms with Crippen molar-refractivity contribution in [3.8, 4) is 0 Å². The smallest absolute Gasteiger partial charge is 0.408 e. The van der Waals surface area contributed by atoms with Gasteiger partial charge in [0.25, 0.3) is 10.0 Å². The van der Waals surface area contributed by atoms with Crippen molar-refractivity contribution in [3.05, 3.63) is 57.5 Å². The van der Waals surface area contributed by atoms with Crippen LogP contribution in [0.4, 0.5) is 14.5 Å². The first-order valence-electron chi connectivity index (χ1n) is 7.03. The van der Waals surface area contributed by atoms with Crippen LogP contribution in [0.3, 0.4) is 0 Å². The summed E-state index contributed by atoms with van der Waals surface area (Å²) in [5.74, 6) is -2.58. The maximum Gasteiger partial charge on any atom is 0.419 e. The number of rotatable bonds is 4. The highest BCUT2D eigenvalue weighted by Gasteiger charge is 2.23. The molecule has 0 amide bonds. The van der Waals surface area contributed by atoms with E-state index >= 15 is 0 Å². The number of benzene rings is 2. The summed E-state index contributed by atoms with van der Waals surface area (Å²) in [7, 11) is -4.30. The van der Waals surface area contributed by atoms with Gasteiger partial charge in [0, 0.05) is 18.7 Å². The van der Waals surface area contributed by atoms with Crippen LogP contribution in [0.2, 0.25) is 5.02 Å². The zero-order valence-electron chi connectivity index (χ0n) is 12.7. The number of aryl methyl sites for hydroxylation is 1. The standard InChI is InChI=1S/C15H11ClF2N2O4S/c1-2-20-12-6-9(16)14(7-13(12)24-15(20)21)25(22,23)19-11-4-3-8(17)5-10(11)18/h3-7,19H,2H2,1H3. The number of hydrogen-bond acceptors (Lipinski definition) is 4. The Morgan fingerprint density at radius 1 is 1.24 bits per heavy atom. The average molecular weight is 389 g/mol. The maximum absolute atomic E-state index is 13.7. The van der Waals surface area contributed by atoms with Crippen LogP contribution >= 0.6 is 11.6 Å². The van der Waals surface area contributed by atoms with Crippen molar-refractivity contribution in [3.63, 3.8) is 0 Å². The predicted molar refractivity (Wildman–Crippen MR) is 88.3 cm³/mol. The van der Waals surface area contributed by atoms with Gasteiger partial charge in [-0.3, -0.25) is 9.29 Å². The molecule has 0 spiro atoms. The van der Waals surface area contributed by atoms with Gasteiger partial charge in [0.05, 0.1) is 16.2 Å². The third kappa shape index (κ3) is 3.12. The second-order valence-electron chi connectivity index (χ2n) is 5.09. The van der Waals surface area contributed by atoms with E-state index in [9.17, 15) is 22.0 Å². The molecule has 1 N–H and O–H groups in total. The molecule has 0 saturated heterocycles. The normalized spacial score (nSPS) is 11.8. The lowest BCUT2D eigenvalue weighted by Crippen LogP contribution is -2.15. The Balaban J connectivity index is 2.11. The fourth-order valence-electron chi connectivity index (χ4n) is 2.34. The van der Waals surface area contributed by atoms with E-state index in [4.69, 9.17) is 16.0 Å². The number of nitrogens with one attached hydrogen (secondary N) is 1. The first-order chi connectivity index (χ1) is 11.7. The summed E-state index contributed by atoms with van der Waals surface area (Å²) in [6, 6.07) is 4.76. The topological polar surface area (TPSA) is 81.3 Å². The zero-order valence-corrected chi connectivity index (χ0v) is 14.3. The molecular formula is C15H11ClF2N2O4S. The van der Waals surface area contributed by atoms with Crippen LogP contribution in [0, 0.1) is 11.6 Å². The highest BCUT2D eigenvalue weighted by atomic mass is 35.5. The highest BCUT2D eigenvalue weighted by Crippen LogP contribution is 2.29. The van der Waals surface area contributed by atoms with Gasteiger partial charge in [-0.2, -0.15) is 0 Å². The molecule has 1 heterocycles. The summed E-state index contributed by atoms with van der Waals surface area (Å²) in [5, 5.41) is -0.175. The molecule has 3 rings (SSSR count). The first-order valence-corrected chi connectivity index (χ1v) is 8.90. The Hall–Kier alpha value is -2.39. The van der Waals surface area contributed by atoms with Gasteiger partial charge in [-0.05, 0) is 25.1 Å². The molecular weight excluding hydrogens is 378 g/mol. The number of fused-ring (bicyclic) bond motifs is 1. The van der Waals surface area contributed by atoms with E-state index in [1.54, 1.807) is 6.92 Å². The van der Waals surface area contributed by atoms with E-state index in [2.05, 4.69) is 0 Å². The monoisotopic (exact) mass is 388 g/mol. The van der Waals surface area contributed by atoms with Gasteiger partial charge in [-0.25, -0.2) is 22.0 Å². The van der Waals surface area contributed by atoms with Crippen LogP contribution in [0.15, 0.2) is 44.4 Å². The van der Waals surface area contributed by atoms with E-state index in [0.717, 1.165) is 18.2 Å². The number of sulfonamides is 1. The molecule has 0 atom stereocenters. The van der Waals surface area contributed by atoms with Crippen LogP contribution in [-0.2, 0) is 16.6 Å². The molecule has 0 fully saturated rings. The van der Waals surface area contributed by atoms with E-state index < -0.39 is 38.0 Å². The molecule has 10 heteroatoms. The van der Waals surface area contributed by atoms with E-state index in [1.165, 1.54) is 10.6 Å². The van der Waals surface area contributed by atoms with Crippen LogP contribution in [0.1, 0.15) is 6.92 Å². The number of nitrogens with zero attached hydrogens (tertiary/aromatic N) is 1. The minimum Gasteiger partial charge on any atom is -0.408 e. The number of aromatic nitrogens is 1. The lowest BCUT2D eigenvalue weighted by Gasteiger charge is -2.10. The molecule has 0 unspecified atom stereocenters. The Bertz CT molecular complexity index is 1140. The highest BCUT2D eigenvalue weighted by molar-refractivity contribution is 7.92. The van der Waals surface area contributed by atoms with Crippen molar-refractivity contribution in [2.45, 2.75) is 18.4 Å². The molecule has 0 saturated carbocycles. The van der Waals surface area contributed by atoms with E-state index in [1.807, 2.05) is 4.72 Å². The summed E-state index contributed by atoms with van der Waals surface area (Å²) < 4.78 is 59.9. The molecule has 132 valence electrons. The average Bonchev–Trinajstić information content (AvgIpc) is 2.83. The molecule has 0 aliphatic carbocycles. The molecule has 0 radical (unpaired) electrons. The van der Waals surface area contributed by atoms with Crippen molar-refractivity contribution < 1.29 is 21.6 Å². The zero-order chi connectivity index (χ0) is 18.4. The quantitative estimate of drug-likeness (QED) is 0.743. The number of oxazole rings is 1. The third-order valence-corrected chi connectivity index (χ3v) is 5.33. The van der Waals surface area contributed by atoms with Gasteiger partial charge in [0.15, 0.2) is 5.58 Å². The van der Waals surface area contributed by atoms with Gasteiger partial charge in [0.2, 0.25) is 0 Å². The number of hydrogen-bond donors (Lipinski definition) is 1. The molecule has 3 aromatic rings. The van der Waals surface area contributed by atoms with E-state index in [-0.39, 0.29) is 10.6 Å². The lowest BCUT2D eigenvalue weighted by atomic mass is 10.3. The van der Waals surface area contributed by atoms with Crippen molar-refractivity contribution in [2.75, 3.05) is 4.72 Å². The third-order valence-electron chi connectivity index (χ3n) is 3.50. The summed E-state index contributed by atoms with van der Waals surface area (Å²) in [5.41, 5.74) is -0.0780. The Morgan fingerprint density at radius 3 is 2.60 bits per heavy atom. The fourth-order valence-corrected chi connectivity index (χ4v) is 3.95. The summed E-state index contributed by atoms with van der Waals surface area (Å²) in [6.07, 6.45) is 0. The summed E-state index contributed by atoms with van der Waals surface area (Å²) in [6.45, 7) is 2.03. The summed E-state index contributed by atoms with van der Waals surface area (Å²) in [4.78, 5) is 11.3. The molecule has 2 aromatic carbocycles. The van der Waals surface area contributed by atoms with Crippen molar-refractivity contribution >= 4 is 38.4 Å². The fraction of sp³-hybridized carbons (Fsp3) is 0.133. The number of anilines is 1. The van der Waals surface area contributed by atoms with Gasteiger partial charge in [-0.15, -0.1) is 0 Å². The Kier molecular flexibility index (Phi) is 4.29. The molecule has 1 aromatic heterocycles. The molecule has 0 bridgehead atoms. The van der Waals surface area contributed by atoms with Gasteiger partial charge in [0.1, 0.15) is 16.5 Å². The summed E-state index contributed by atoms with van der Waals surface area (Å²) >= 11 is 6.03. The molecule has 25 heavy (non-hydrogen) atoms. The minimum atomic E-state index is -4.30. The second-order valence-corrected chi connectivity index (χ2v) is 7.15. The van der Waals surface area contributed by atoms with Crippen LogP contribution in [0.25, 0.3) is 11.1 Å². The van der Waals surface area contributed by atoms with Crippen molar-refractivity contribution in [1.82, 2.24) is 4.57 Å². The largest absolute Gasteiger partial charge is 0.419 e. The van der Waals surface area contributed by atoms with Crippen LogP contribution in [-0.4, -0.2) is 13.0 Å². The maximum atomic E-state index is 13.7. The van der Waals surface area contributed by atoms with Crippen molar-refractivity contribution in [1.29, 1.82) is 0 Å². The van der Waals surface area contributed by atoms with Crippen LogP contribution < -0.4 is 10.5 Å². The minimum absolute atomic E-state index is 0.0243. The first kappa shape index (κ1) is 17.4. The molecule has 6 nitrogen and oxygen atoms in total.